The van der Waals surface area contributed by atoms with Crippen LogP contribution in [0.3, 0.4) is 0 Å². The molecule has 0 aromatic heterocycles. The first-order valence-corrected chi connectivity index (χ1v) is 9.73. The molecule has 0 amide bonds. The Morgan fingerprint density at radius 2 is 1.57 bits per heavy atom. The van der Waals surface area contributed by atoms with Crippen LogP contribution >= 0.6 is 0 Å². The maximum Gasteiger partial charge on any atom is 0.171 e. The number of aliphatic hydroxyl groups excluding tert-OH is 3. The minimum atomic E-state index is -2.17. The number of rotatable bonds is 1. The van der Waals surface area contributed by atoms with Crippen molar-refractivity contribution in [3.05, 3.63) is 12.7 Å². The SMILES string of the molecule is C=CC1(C)CC(=O)[C@]2(O)[C@@]3(C)[C@@H](O)CCC(C)(C)[C@]3(C)[C@H](O)[C@H](O)[C@@]2(C)O1.[Ac]. The summed E-state index contributed by atoms with van der Waals surface area (Å²) in [6.45, 7) is 14.2. The Bertz CT molecular complexity index is 696. The van der Waals surface area contributed by atoms with Gasteiger partial charge in [0.25, 0.3) is 0 Å². The van der Waals surface area contributed by atoms with Crippen molar-refractivity contribution in [1.29, 1.82) is 0 Å². The quantitative estimate of drug-likeness (QED) is 0.335. The summed E-state index contributed by atoms with van der Waals surface area (Å²) in [5.74, 6) is -0.505. The number of hydrogen-bond acceptors (Lipinski definition) is 6. The van der Waals surface area contributed by atoms with Gasteiger partial charge in [0.15, 0.2) is 11.4 Å². The molecule has 3 aliphatic rings. The molecule has 0 spiro atoms. The van der Waals surface area contributed by atoms with Crippen molar-refractivity contribution in [3.63, 3.8) is 0 Å². The number of carbonyl (C=O) groups excluding carboxylic acids is 1. The van der Waals surface area contributed by atoms with Crippen LogP contribution in [-0.4, -0.2) is 61.3 Å². The number of fused-ring (bicyclic) bond motifs is 3. The summed E-state index contributed by atoms with van der Waals surface area (Å²) in [7, 11) is 0. The number of carbonyl (C=O) groups is 1. The van der Waals surface area contributed by atoms with Crippen molar-refractivity contribution in [2.75, 3.05) is 0 Å². The van der Waals surface area contributed by atoms with Gasteiger partial charge in [-0.15, -0.1) is 6.58 Å². The van der Waals surface area contributed by atoms with Gasteiger partial charge in [-0.05, 0) is 32.1 Å². The predicted molar refractivity (Wildman–Crippen MR) is 99.9 cm³/mol. The Hall–Kier alpha value is 0.652. The monoisotopic (exact) mass is 609 g/mol. The zero-order valence-electron chi connectivity index (χ0n) is 17.8. The zero-order chi connectivity index (χ0) is 20.8. The number of ether oxygens (including phenoxy) is 1. The van der Waals surface area contributed by atoms with E-state index < -0.39 is 57.1 Å². The van der Waals surface area contributed by atoms with Gasteiger partial charge in [0.1, 0.15) is 11.7 Å². The van der Waals surface area contributed by atoms with E-state index in [9.17, 15) is 25.2 Å². The fourth-order valence-electron chi connectivity index (χ4n) is 6.55. The molecule has 7 heteroatoms. The second-order valence-corrected chi connectivity index (χ2v) is 10.3. The third kappa shape index (κ3) is 2.45. The van der Waals surface area contributed by atoms with Crippen LogP contribution in [0.25, 0.3) is 0 Å². The largest absolute Gasteiger partial charge is 0.392 e. The van der Waals surface area contributed by atoms with Gasteiger partial charge >= 0.3 is 0 Å². The minimum Gasteiger partial charge on any atom is -0.392 e. The molecule has 1 saturated heterocycles. The van der Waals surface area contributed by atoms with Crippen LogP contribution in [-0.2, 0) is 9.53 Å². The van der Waals surface area contributed by atoms with Crippen LogP contribution in [0.1, 0.15) is 60.8 Å². The molecule has 1 aliphatic heterocycles. The van der Waals surface area contributed by atoms with E-state index in [-0.39, 0.29) is 50.5 Å². The Morgan fingerprint density at radius 1 is 1.04 bits per heavy atom. The number of hydrogen-bond donors (Lipinski definition) is 4. The van der Waals surface area contributed by atoms with Crippen molar-refractivity contribution in [2.24, 2.45) is 16.2 Å². The molecule has 157 valence electrons. The summed E-state index contributed by atoms with van der Waals surface area (Å²) in [6.07, 6.45) is -1.53. The van der Waals surface area contributed by atoms with E-state index in [1.165, 1.54) is 13.0 Å². The smallest absolute Gasteiger partial charge is 0.171 e. The van der Waals surface area contributed by atoms with E-state index in [0.29, 0.717) is 12.8 Å². The normalized spacial score (nSPS) is 55.5. The molecular formula is C21H34AcO6. The minimum absolute atomic E-state index is 0. The summed E-state index contributed by atoms with van der Waals surface area (Å²) in [6, 6.07) is 0. The maximum atomic E-state index is 13.5. The average molecular weight is 609 g/mol. The third-order valence-electron chi connectivity index (χ3n) is 8.91. The van der Waals surface area contributed by atoms with Gasteiger partial charge < -0.3 is 25.2 Å². The molecule has 2 aliphatic carbocycles. The Morgan fingerprint density at radius 3 is 2.07 bits per heavy atom. The summed E-state index contributed by atoms with van der Waals surface area (Å²) >= 11 is 0. The van der Waals surface area contributed by atoms with Crippen LogP contribution < -0.4 is 0 Å². The number of Topliss-reactive ketones (excluding diaryl/α,β-unsaturated/α-hetero) is 1. The van der Waals surface area contributed by atoms with Gasteiger partial charge in [-0.3, -0.25) is 4.79 Å². The number of ketones is 1. The van der Waals surface area contributed by atoms with E-state index in [4.69, 9.17) is 4.74 Å². The molecule has 0 aromatic rings. The molecule has 1 unspecified atom stereocenters. The van der Waals surface area contributed by atoms with Crippen LogP contribution in [0.5, 0.6) is 0 Å². The molecule has 0 bridgehead atoms. The maximum absolute atomic E-state index is 13.5. The second kappa shape index (κ2) is 6.82. The predicted octanol–water partition coefficient (Wildman–Crippen LogP) is 1.34. The van der Waals surface area contributed by atoms with Crippen molar-refractivity contribution in [3.8, 4) is 0 Å². The van der Waals surface area contributed by atoms with E-state index in [1.54, 1.807) is 20.8 Å². The summed E-state index contributed by atoms with van der Waals surface area (Å²) in [5.41, 5.74) is -8.16. The Balaban J connectivity index is 0.00000280. The molecule has 8 atom stereocenters. The van der Waals surface area contributed by atoms with Crippen LogP contribution in [0, 0.1) is 60.3 Å². The molecule has 1 radical (unpaired) electrons. The van der Waals surface area contributed by atoms with Gasteiger partial charge in [0, 0.05) is 61.3 Å². The van der Waals surface area contributed by atoms with Crippen LogP contribution in [0.2, 0.25) is 0 Å². The first kappa shape index (κ1) is 24.9. The summed E-state index contributed by atoms with van der Waals surface area (Å²) in [4.78, 5) is 13.5. The molecular weight excluding hydrogens is 575 g/mol. The summed E-state index contributed by atoms with van der Waals surface area (Å²) in [5, 5.41) is 45.6. The van der Waals surface area contributed by atoms with E-state index >= 15 is 0 Å². The molecule has 3 rings (SSSR count). The summed E-state index contributed by atoms with van der Waals surface area (Å²) < 4.78 is 6.14. The Kier molecular flexibility index (Phi) is 6.07. The standard InChI is InChI=1S/C21H34O6.Ac/c1-8-17(4)11-13(23)21(26)18(5)12(22)9-10-16(2,3)19(18,6)14(24)15(25)20(21,7)27-17;/h8,12,14-15,22,24-26H,1,9-11H2,2-7H3;/t12-,14+,15-,17?,18-,19-,20+,21-;/m0./s1. The van der Waals surface area contributed by atoms with Crippen molar-refractivity contribution >= 4 is 5.78 Å². The topological polar surface area (TPSA) is 107 Å². The van der Waals surface area contributed by atoms with Crippen molar-refractivity contribution in [1.82, 2.24) is 0 Å². The van der Waals surface area contributed by atoms with E-state index in [2.05, 4.69) is 6.58 Å². The average Bonchev–Trinajstić information content (AvgIpc) is 2.59. The zero-order valence-corrected chi connectivity index (χ0v) is 22.6. The molecule has 4 N–H and O–H groups in total. The van der Waals surface area contributed by atoms with E-state index in [0.717, 1.165) is 0 Å². The molecule has 6 nitrogen and oxygen atoms in total. The van der Waals surface area contributed by atoms with E-state index in [1.807, 2.05) is 13.8 Å². The fourth-order valence-corrected chi connectivity index (χ4v) is 6.55. The van der Waals surface area contributed by atoms with Crippen LogP contribution in [0.15, 0.2) is 12.7 Å². The Labute approximate surface area is 203 Å². The van der Waals surface area contributed by atoms with Gasteiger partial charge in [-0.2, -0.15) is 0 Å². The molecule has 2 saturated carbocycles. The first-order chi connectivity index (χ1) is 12.1. The molecule has 28 heavy (non-hydrogen) atoms. The number of aliphatic hydroxyl groups is 4. The van der Waals surface area contributed by atoms with Gasteiger partial charge in [-0.1, -0.05) is 33.8 Å². The molecule has 3 fully saturated rings. The second-order valence-electron chi connectivity index (χ2n) is 10.3. The third-order valence-corrected chi connectivity index (χ3v) is 8.91. The molecule has 0 aromatic carbocycles. The molecule has 1 heterocycles. The van der Waals surface area contributed by atoms with Gasteiger partial charge in [-0.25, -0.2) is 0 Å². The van der Waals surface area contributed by atoms with Gasteiger partial charge in [0.2, 0.25) is 0 Å². The van der Waals surface area contributed by atoms with Crippen LogP contribution in [0.4, 0.5) is 0 Å². The van der Waals surface area contributed by atoms with Crippen molar-refractivity contribution in [2.45, 2.75) is 95.9 Å². The fraction of sp³-hybridized carbons (Fsp3) is 0.857. The first-order valence-electron chi connectivity index (χ1n) is 9.73. The van der Waals surface area contributed by atoms with Crippen molar-refractivity contribution < 1.29 is 74.0 Å². The van der Waals surface area contributed by atoms with Gasteiger partial charge in [0.05, 0.1) is 17.8 Å².